The van der Waals surface area contributed by atoms with Crippen LogP contribution in [0.3, 0.4) is 0 Å². The van der Waals surface area contributed by atoms with Gasteiger partial charge in [-0.2, -0.15) is 0 Å². The molecule has 0 saturated heterocycles. The summed E-state index contributed by atoms with van der Waals surface area (Å²) in [5.74, 6) is 0.235. The number of hydroxylamine groups is 1. The molecule has 0 saturated carbocycles. The minimum absolute atomic E-state index is 0.117. The number of pyridine rings is 1. The van der Waals surface area contributed by atoms with Crippen LogP contribution in [0.15, 0.2) is 54.4 Å². The lowest BCUT2D eigenvalue weighted by molar-refractivity contribution is 0.0755. The van der Waals surface area contributed by atoms with Gasteiger partial charge in [0, 0.05) is 28.6 Å². The van der Waals surface area contributed by atoms with Crippen molar-refractivity contribution >= 4 is 29.1 Å². The number of amides is 3. The molecule has 2 aromatic rings. The first-order valence-corrected chi connectivity index (χ1v) is 9.72. The van der Waals surface area contributed by atoms with Gasteiger partial charge >= 0.3 is 6.03 Å². The van der Waals surface area contributed by atoms with Crippen LogP contribution in [0.25, 0.3) is 0 Å². The maximum Gasteiger partial charge on any atom is 0.320 e. The molecule has 4 N–H and O–H groups in total. The van der Waals surface area contributed by atoms with Crippen molar-refractivity contribution in [2.75, 3.05) is 10.6 Å². The van der Waals surface area contributed by atoms with E-state index in [-0.39, 0.29) is 16.9 Å². The molecule has 9 nitrogen and oxygen atoms in total. The van der Waals surface area contributed by atoms with E-state index in [9.17, 15) is 14.4 Å². The molecule has 1 aromatic heterocycles. The molecular weight excluding hydrogens is 398 g/mol. The molecule has 0 fully saturated rings. The predicted molar refractivity (Wildman–Crippen MR) is 116 cm³/mol. The van der Waals surface area contributed by atoms with Crippen molar-refractivity contribution in [3.8, 4) is 0 Å². The Kier molecular flexibility index (Phi) is 6.36. The average Bonchev–Trinajstić information content (AvgIpc) is 3.18. The zero-order chi connectivity index (χ0) is 22.6. The molecule has 3 rings (SSSR count). The summed E-state index contributed by atoms with van der Waals surface area (Å²) in [7, 11) is 0. The number of hydrogen-bond acceptors (Lipinski definition) is 6. The summed E-state index contributed by atoms with van der Waals surface area (Å²) in [4.78, 5) is 45.2. The van der Waals surface area contributed by atoms with E-state index in [4.69, 9.17) is 4.84 Å². The average molecular weight is 423 g/mol. The molecule has 3 amide bonds. The fourth-order valence-corrected chi connectivity index (χ4v) is 2.70. The van der Waals surface area contributed by atoms with E-state index in [0.29, 0.717) is 16.9 Å². The normalized spacial score (nSPS) is 15.5. The number of carbonyl (C=O) groups is 3. The summed E-state index contributed by atoms with van der Waals surface area (Å²) in [5.41, 5.74) is 4.32. The Labute approximate surface area is 180 Å². The van der Waals surface area contributed by atoms with Gasteiger partial charge in [-0.15, -0.1) is 5.48 Å². The number of hydrogen-bond donors (Lipinski definition) is 4. The van der Waals surface area contributed by atoms with Gasteiger partial charge in [-0.1, -0.05) is 20.8 Å². The van der Waals surface area contributed by atoms with Crippen LogP contribution in [0.2, 0.25) is 0 Å². The number of ketones is 1. The molecular formula is C22H25N5O4. The van der Waals surface area contributed by atoms with Crippen LogP contribution < -0.4 is 21.4 Å². The lowest BCUT2D eigenvalue weighted by Crippen LogP contribution is -2.43. The number of benzene rings is 1. The number of aromatic nitrogens is 1. The number of nitrogens with one attached hydrogen (secondary N) is 4. The van der Waals surface area contributed by atoms with E-state index in [0.717, 1.165) is 5.76 Å². The van der Waals surface area contributed by atoms with E-state index in [1.54, 1.807) is 30.3 Å². The maximum absolute atomic E-state index is 12.3. The van der Waals surface area contributed by atoms with Crippen LogP contribution in [0.5, 0.6) is 0 Å². The molecule has 0 aliphatic carbocycles. The minimum atomic E-state index is -0.435. The zero-order valence-corrected chi connectivity index (χ0v) is 17.8. The third-order valence-electron chi connectivity index (χ3n) is 4.44. The van der Waals surface area contributed by atoms with Crippen LogP contribution in [0.4, 0.5) is 16.2 Å². The Bertz CT molecular complexity index is 1010. The van der Waals surface area contributed by atoms with E-state index in [1.807, 2.05) is 26.8 Å². The maximum atomic E-state index is 12.3. The van der Waals surface area contributed by atoms with Gasteiger partial charge in [-0.25, -0.2) is 4.79 Å². The molecule has 0 spiro atoms. The number of rotatable bonds is 5. The number of anilines is 2. The van der Waals surface area contributed by atoms with Crippen LogP contribution in [-0.2, 0) is 4.84 Å². The number of urea groups is 1. The third-order valence-corrected chi connectivity index (χ3v) is 4.44. The number of allylic oxidation sites excluding steroid dienone is 1. The highest BCUT2D eigenvalue weighted by molar-refractivity contribution is 6.03. The summed E-state index contributed by atoms with van der Waals surface area (Å²) in [6, 6.07) is 9.29. The summed E-state index contributed by atoms with van der Waals surface area (Å²) >= 11 is 0. The highest BCUT2D eigenvalue weighted by Crippen LogP contribution is 2.28. The second kappa shape index (κ2) is 8.97. The second-order valence-corrected chi connectivity index (χ2v) is 8.10. The Morgan fingerprint density at radius 1 is 1.00 bits per heavy atom. The SMILES string of the molecule is CC(=O)c1ccc(C(=O)Nc2ccc(NC(=O)NC3C=C(C(C)(C)C)ON3)cc2)nc1. The molecule has 1 unspecified atom stereocenters. The van der Waals surface area contributed by atoms with E-state index in [2.05, 4.69) is 26.4 Å². The monoisotopic (exact) mass is 423 g/mol. The number of nitrogens with zero attached hydrogens (tertiary/aromatic N) is 1. The molecule has 1 aliphatic rings. The van der Waals surface area contributed by atoms with Crippen molar-refractivity contribution < 1.29 is 19.2 Å². The highest BCUT2D eigenvalue weighted by atomic mass is 16.7. The Morgan fingerprint density at radius 2 is 1.65 bits per heavy atom. The third kappa shape index (κ3) is 5.89. The van der Waals surface area contributed by atoms with Crippen molar-refractivity contribution in [3.63, 3.8) is 0 Å². The quantitative estimate of drug-likeness (QED) is 0.547. The van der Waals surface area contributed by atoms with Crippen molar-refractivity contribution in [2.45, 2.75) is 33.9 Å². The second-order valence-electron chi connectivity index (χ2n) is 8.10. The molecule has 1 atom stereocenters. The van der Waals surface area contributed by atoms with Gasteiger partial charge in [-0.3, -0.25) is 14.6 Å². The van der Waals surface area contributed by atoms with Crippen LogP contribution in [0.1, 0.15) is 48.5 Å². The highest BCUT2D eigenvalue weighted by Gasteiger charge is 2.27. The predicted octanol–water partition coefficient (Wildman–Crippen LogP) is 3.45. The summed E-state index contributed by atoms with van der Waals surface area (Å²) < 4.78 is 0. The molecule has 31 heavy (non-hydrogen) atoms. The molecule has 2 heterocycles. The van der Waals surface area contributed by atoms with Gasteiger partial charge in [0.25, 0.3) is 5.91 Å². The molecule has 1 aliphatic heterocycles. The number of carbonyl (C=O) groups excluding carboxylic acids is 3. The number of Topliss-reactive ketones (excluding diaryl/α,β-unsaturated/α-hetero) is 1. The van der Waals surface area contributed by atoms with Crippen molar-refractivity contribution in [2.24, 2.45) is 5.41 Å². The fourth-order valence-electron chi connectivity index (χ4n) is 2.70. The largest absolute Gasteiger partial charge is 0.410 e. The fraction of sp³-hybridized carbons (Fsp3) is 0.273. The Balaban J connectivity index is 1.53. The topological polar surface area (TPSA) is 121 Å². The zero-order valence-electron chi connectivity index (χ0n) is 17.8. The van der Waals surface area contributed by atoms with Gasteiger partial charge in [0.15, 0.2) is 5.78 Å². The van der Waals surface area contributed by atoms with Gasteiger partial charge < -0.3 is 20.8 Å². The summed E-state index contributed by atoms with van der Waals surface area (Å²) in [6.07, 6.45) is 2.75. The van der Waals surface area contributed by atoms with Gasteiger partial charge in [-0.05, 0) is 49.4 Å². The first-order valence-electron chi connectivity index (χ1n) is 9.72. The van der Waals surface area contributed by atoms with Crippen LogP contribution in [0, 0.1) is 5.41 Å². The summed E-state index contributed by atoms with van der Waals surface area (Å²) in [5, 5.41) is 8.18. The molecule has 9 heteroatoms. The standard InChI is InChI=1S/C22H25N5O4/c1-13(28)14-5-10-17(23-12-14)20(29)24-15-6-8-16(9-7-15)25-21(30)26-19-11-18(31-27-19)22(2,3)4/h5-12,19,27H,1-4H3,(H,24,29)(H2,25,26,30). The molecule has 0 radical (unpaired) electrons. The Hall–Kier alpha value is -3.72. The molecule has 1 aromatic carbocycles. The summed E-state index contributed by atoms with van der Waals surface area (Å²) in [6.45, 7) is 7.48. The minimum Gasteiger partial charge on any atom is -0.410 e. The van der Waals surface area contributed by atoms with Crippen molar-refractivity contribution in [1.82, 2.24) is 15.8 Å². The van der Waals surface area contributed by atoms with Crippen molar-refractivity contribution in [3.05, 3.63) is 65.7 Å². The van der Waals surface area contributed by atoms with E-state index < -0.39 is 18.1 Å². The first-order chi connectivity index (χ1) is 14.6. The van der Waals surface area contributed by atoms with Crippen LogP contribution >= 0.6 is 0 Å². The van der Waals surface area contributed by atoms with E-state index in [1.165, 1.54) is 19.2 Å². The lowest BCUT2D eigenvalue weighted by atomic mass is 9.94. The van der Waals surface area contributed by atoms with Gasteiger partial charge in [0.05, 0.1) is 0 Å². The lowest BCUT2D eigenvalue weighted by Gasteiger charge is -2.17. The molecule has 162 valence electrons. The smallest absolute Gasteiger partial charge is 0.320 e. The van der Waals surface area contributed by atoms with Gasteiger partial charge in [0.1, 0.15) is 17.6 Å². The Morgan fingerprint density at radius 3 is 2.16 bits per heavy atom. The van der Waals surface area contributed by atoms with E-state index >= 15 is 0 Å². The van der Waals surface area contributed by atoms with Crippen LogP contribution in [-0.4, -0.2) is 28.9 Å². The van der Waals surface area contributed by atoms with Crippen molar-refractivity contribution in [1.29, 1.82) is 0 Å². The molecule has 0 bridgehead atoms. The first kappa shape index (κ1) is 22.0. The van der Waals surface area contributed by atoms with Gasteiger partial charge in [0.2, 0.25) is 0 Å².